The maximum absolute atomic E-state index is 14.4. The van der Waals surface area contributed by atoms with Gasteiger partial charge in [-0.05, 0) is 56.5 Å². The Balaban J connectivity index is 1.82. The zero-order valence-electron chi connectivity index (χ0n) is 25.6. The van der Waals surface area contributed by atoms with Crippen LogP contribution in [0.15, 0.2) is 85.4 Å². The fourth-order valence-electron chi connectivity index (χ4n) is 4.98. The van der Waals surface area contributed by atoms with Crippen molar-refractivity contribution >= 4 is 28.2 Å². The highest BCUT2D eigenvalue weighted by Crippen LogP contribution is 2.32. The largest absolute Gasteiger partial charge is 0.496 e. The minimum atomic E-state index is -0.155. The van der Waals surface area contributed by atoms with Gasteiger partial charge in [0.1, 0.15) is 11.6 Å². The van der Waals surface area contributed by atoms with Crippen LogP contribution in [-0.4, -0.2) is 44.7 Å². The molecule has 2 aromatic carbocycles. The Morgan fingerprint density at radius 3 is 2.55 bits per heavy atom. The number of hydrogen-bond acceptors (Lipinski definition) is 6. The first-order valence-corrected chi connectivity index (χ1v) is 14.0. The number of carbonyl (C=O) groups excluding carboxylic acids is 1. The van der Waals surface area contributed by atoms with Gasteiger partial charge < -0.3 is 14.5 Å². The summed E-state index contributed by atoms with van der Waals surface area (Å²) in [6.07, 6.45) is 9.72. The number of rotatable bonds is 11. The third-order valence-electron chi connectivity index (χ3n) is 7.32. The van der Waals surface area contributed by atoms with Gasteiger partial charge in [0.2, 0.25) is 0 Å². The summed E-state index contributed by atoms with van der Waals surface area (Å²) in [6, 6.07) is 13.5. The van der Waals surface area contributed by atoms with Gasteiger partial charge in [-0.15, -0.1) is 6.58 Å². The number of benzene rings is 2. The molecule has 4 rings (SSSR count). The van der Waals surface area contributed by atoms with Crippen molar-refractivity contribution < 1.29 is 9.53 Å². The van der Waals surface area contributed by atoms with E-state index in [9.17, 15) is 4.79 Å². The standard InChI is InChI=1S/C34H40N6O2/c1-9-23(3)18-25(5)40(34(41)28-15-13-17-30(42-8)32(28)24(4)10-2)22-31-36-29-16-12-11-14-27(29)33(37-31)38(6)20-26-19-35-39(7)21-26/h9-19,21,23H,1,20,22H2,2-8H3. The number of carbonyl (C=O) groups is 1. The lowest BCUT2D eigenvalue weighted by molar-refractivity contribution is 0.0791. The van der Waals surface area contributed by atoms with E-state index in [0.29, 0.717) is 23.7 Å². The zero-order chi connectivity index (χ0) is 30.4. The molecule has 0 aliphatic rings. The molecule has 42 heavy (non-hydrogen) atoms. The highest BCUT2D eigenvalue weighted by atomic mass is 16.5. The molecule has 1 atom stereocenters. The van der Waals surface area contributed by atoms with Crippen molar-refractivity contribution in [1.82, 2.24) is 24.6 Å². The third-order valence-corrected chi connectivity index (χ3v) is 7.32. The number of methoxy groups -OCH3 is 1. The van der Waals surface area contributed by atoms with Crippen molar-refractivity contribution in [2.75, 3.05) is 19.1 Å². The average molecular weight is 565 g/mol. The van der Waals surface area contributed by atoms with Gasteiger partial charge in [0, 0.05) is 49.0 Å². The molecule has 8 heteroatoms. The molecular formula is C34H40N6O2. The summed E-state index contributed by atoms with van der Waals surface area (Å²) in [7, 11) is 5.53. The molecule has 2 heterocycles. The lowest BCUT2D eigenvalue weighted by atomic mass is 9.98. The molecule has 1 unspecified atom stereocenters. The number of aryl methyl sites for hydroxylation is 1. The van der Waals surface area contributed by atoms with E-state index < -0.39 is 0 Å². The van der Waals surface area contributed by atoms with E-state index in [1.165, 1.54) is 0 Å². The highest BCUT2D eigenvalue weighted by molar-refractivity contribution is 6.01. The molecule has 0 saturated heterocycles. The number of aromatic nitrogens is 4. The van der Waals surface area contributed by atoms with E-state index in [2.05, 4.69) is 16.6 Å². The van der Waals surface area contributed by atoms with E-state index >= 15 is 0 Å². The highest BCUT2D eigenvalue weighted by Gasteiger charge is 2.25. The van der Waals surface area contributed by atoms with E-state index in [4.69, 9.17) is 14.7 Å². The molecule has 4 aromatic rings. The predicted octanol–water partition coefficient (Wildman–Crippen LogP) is 6.80. The second-order valence-electron chi connectivity index (χ2n) is 10.5. The molecule has 0 aliphatic heterocycles. The number of anilines is 1. The molecule has 2 aromatic heterocycles. The maximum Gasteiger partial charge on any atom is 0.259 e. The van der Waals surface area contributed by atoms with Crippen LogP contribution in [0.5, 0.6) is 5.75 Å². The molecule has 0 N–H and O–H groups in total. The van der Waals surface area contributed by atoms with Gasteiger partial charge in [0.05, 0.1) is 30.9 Å². The van der Waals surface area contributed by atoms with Gasteiger partial charge >= 0.3 is 0 Å². The molecular weight excluding hydrogens is 524 g/mol. The summed E-state index contributed by atoms with van der Waals surface area (Å²) in [6.45, 7) is 12.7. The Morgan fingerprint density at radius 2 is 1.88 bits per heavy atom. The molecule has 8 nitrogen and oxygen atoms in total. The zero-order valence-corrected chi connectivity index (χ0v) is 25.6. The first kappa shape index (κ1) is 30.2. The van der Waals surface area contributed by atoms with E-state index in [1.807, 2.05) is 115 Å². The maximum atomic E-state index is 14.4. The first-order chi connectivity index (χ1) is 20.2. The minimum absolute atomic E-state index is 0.0704. The summed E-state index contributed by atoms with van der Waals surface area (Å²) in [5.41, 5.74) is 4.97. The molecule has 0 bridgehead atoms. The number of ether oxygens (including phenoxy) is 1. The topological polar surface area (TPSA) is 76.4 Å². The minimum Gasteiger partial charge on any atom is -0.496 e. The van der Waals surface area contributed by atoms with Crippen LogP contribution in [-0.2, 0) is 20.1 Å². The third kappa shape index (κ3) is 6.60. The van der Waals surface area contributed by atoms with Crippen LogP contribution in [0, 0.1) is 5.92 Å². The number of fused-ring (bicyclic) bond motifs is 1. The summed E-state index contributed by atoms with van der Waals surface area (Å²) in [4.78, 5) is 28.2. The number of nitrogens with zero attached hydrogens (tertiary/aromatic N) is 6. The summed E-state index contributed by atoms with van der Waals surface area (Å²) < 4.78 is 7.45. The van der Waals surface area contributed by atoms with Crippen molar-refractivity contribution in [1.29, 1.82) is 0 Å². The molecule has 0 saturated carbocycles. The van der Waals surface area contributed by atoms with Gasteiger partial charge in [0.25, 0.3) is 5.91 Å². The van der Waals surface area contributed by atoms with E-state index in [1.54, 1.807) is 16.7 Å². The second kappa shape index (κ2) is 13.3. The lowest BCUT2D eigenvalue weighted by Gasteiger charge is -2.26. The average Bonchev–Trinajstić information content (AvgIpc) is 3.41. The van der Waals surface area contributed by atoms with Crippen molar-refractivity contribution in [2.45, 2.75) is 40.8 Å². The molecule has 1 amide bonds. The van der Waals surface area contributed by atoms with E-state index in [-0.39, 0.29) is 18.4 Å². The van der Waals surface area contributed by atoms with Crippen LogP contribution in [0.1, 0.15) is 55.0 Å². The molecule has 0 radical (unpaired) electrons. The quantitative estimate of drug-likeness (QED) is 0.187. The van der Waals surface area contributed by atoms with Gasteiger partial charge in [0.15, 0.2) is 5.82 Å². The molecule has 0 spiro atoms. The van der Waals surface area contributed by atoms with Crippen molar-refractivity contribution in [3.8, 4) is 5.75 Å². The Morgan fingerprint density at radius 1 is 1.12 bits per heavy atom. The van der Waals surface area contributed by atoms with Gasteiger partial charge in [-0.1, -0.05) is 43.4 Å². The Kier molecular flexibility index (Phi) is 9.57. The van der Waals surface area contributed by atoms with Crippen LogP contribution in [0.2, 0.25) is 0 Å². The van der Waals surface area contributed by atoms with Crippen molar-refractivity contribution in [3.63, 3.8) is 0 Å². The smallest absolute Gasteiger partial charge is 0.259 e. The molecule has 218 valence electrons. The normalized spacial score (nSPS) is 12.7. The molecule has 0 fully saturated rings. The fourth-order valence-corrected chi connectivity index (χ4v) is 4.98. The van der Waals surface area contributed by atoms with Crippen LogP contribution in [0.4, 0.5) is 5.82 Å². The molecule has 0 aliphatic carbocycles. The van der Waals surface area contributed by atoms with Gasteiger partial charge in [-0.2, -0.15) is 5.10 Å². The van der Waals surface area contributed by atoms with Crippen LogP contribution < -0.4 is 9.64 Å². The predicted molar refractivity (Wildman–Crippen MR) is 170 cm³/mol. The Labute approximate surface area is 248 Å². The van der Waals surface area contributed by atoms with Gasteiger partial charge in [-0.25, -0.2) is 9.97 Å². The number of para-hydroxylation sites is 1. The van der Waals surface area contributed by atoms with Crippen molar-refractivity contribution in [2.24, 2.45) is 13.0 Å². The first-order valence-electron chi connectivity index (χ1n) is 14.0. The Bertz CT molecular complexity index is 1650. The SMILES string of the molecule is C=CC(C)C=C(C)N(Cc1nc(N(C)Cc2cnn(C)c2)c2ccccc2n1)C(=O)c1cccc(OC)c1C(C)=CC. The number of amides is 1. The van der Waals surface area contributed by atoms with Crippen LogP contribution in [0.3, 0.4) is 0 Å². The summed E-state index contributed by atoms with van der Waals surface area (Å²) in [5.74, 6) is 1.90. The fraction of sp³-hybridized carbons (Fsp3) is 0.294. The summed E-state index contributed by atoms with van der Waals surface area (Å²) >= 11 is 0. The number of allylic oxidation sites excluding steroid dienone is 5. The number of hydrogen-bond donors (Lipinski definition) is 0. The van der Waals surface area contributed by atoms with E-state index in [0.717, 1.165) is 39.1 Å². The van der Waals surface area contributed by atoms with Crippen molar-refractivity contribution in [3.05, 3.63) is 108 Å². The van der Waals surface area contributed by atoms with Crippen LogP contribution >= 0.6 is 0 Å². The lowest BCUT2D eigenvalue weighted by Crippen LogP contribution is -2.31. The second-order valence-corrected chi connectivity index (χ2v) is 10.5. The summed E-state index contributed by atoms with van der Waals surface area (Å²) in [5, 5.41) is 5.25. The monoisotopic (exact) mass is 564 g/mol. The van der Waals surface area contributed by atoms with Crippen LogP contribution in [0.25, 0.3) is 16.5 Å². The Hall–Kier alpha value is -4.72. The van der Waals surface area contributed by atoms with Gasteiger partial charge in [-0.3, -0.25) is 9.48 Å².